The monoisotopic (exact) mass is 180 g/mol. The molecule has 13 heavy (non-hydrogen) atoms. The topological polar surface area (TPSA) is 0 Å². The molecular formula is C13H24. The molecule has 0 saturated heterocycles. The van der Waals surface area contributed by atoms with E-state index in [1.54, 1.807) is 6.42 Å². The fraction of sp³-hybridized carbons (Fsp3) is 1.00. The van der Waals surface area contributed by atoms with Crippen molar-refractivity contribution in [1.82, 2.24) is 0 Å². The lowest BCUT2D eigenvalue weighted by Crippen LogP contribution is -2.25. The molecule has 0 radical (unpaired) electrons. The van der Waals surface area contributed by atoms with Crippen molar-refractivity contribution in [2.45, 2.75) is 53.4 Å². The summed E-state index contributed by atoms with van der Waals surface area (Å²) in [5.74, 6) is 3.98. The van der Waals surface area contributed by atoms with E-state index in [2.05, 4.69) is 27.7 Å². The van der Waals surface area contributed by atoms with Crippen LogP contribution in [0.2, 0.25) is 0 Å². The van der Waals surface area contributed by atoms with Crippen molar-refractivity contribution in [2.75, 3.05) is 0 Å². The summed E-state index contributed by atoms with van der Waals surface area (Å²) in [6, 6.07) is 0. The highest BCUT2D eigenvalue weighted by Gasteiger charge is 2.52. The van der Waals surface area contributed by atoms with E-state index in [0.29, 0.717) is 0 Å². The summed E-state index contributed by atoms with van der Waals surface area (Å²) in [5.41, 5.74) is 0.763. The van der Waals surface area contributed by atoms with E-state index in [9.17, 15) is 0 Å². The van der Waals surface area contributed by atoms with Crippen LogP contribution in [0.4, 0.5) is 0 Å². The maximum absolute atomic E-state index is 2.44. The van der Waals surface area contributed by atoms with Crippen molar-refractivity contribution >= 4 is 0 Å². The van der Waals surface area contributed by atoms with Crippen LogP contribution in [0.3, 0.4) is 0 Å². The predicted molar refractivity (Wildman–Crippen MR) is 57.6 cm³/mol. The molecule has 2 rings (SSSR count). The number of fused-ring (bicyclic) bond motifs is 2. The molecule has 0 heterocycles. The molecule has 0 nitrogen and oxygen atoms in total. The summed E-state index contributed by atoms with van der Waals surface area (Å²) >= 11 is 0. The highest BCUT2D eigenvalue weighted by Crippen LogP contribution is 2.61. The van der Waals surface area contributed by atoms with E-state index in [0.717, 1.165) is 29.1 Å². The zero-order valence-electron chi connectivity index (χ0n) is 9.64. The first-order valence-corrected chi connectivity index (χ1v) is 6.05. The van der Waals surface area contributed by atoms with Gasteiger partial charge < -0.3 is 0 Å². The third kappa shape index (κ3) is 1.33. The Morgan fingerprint density at radius 3 is 2.15 bits per heavy atom. The van der Waals surface area contributed by atoms with E-state index < -0.39 is 0 Å². The Bertz CT molecular complexity index is 192. The molecule has 0 aliphatic heterocycles. The third-order valence-corrected chi connectivity index (χ3v) is 5.01. The Balaban J connectivity index is 2.13. The first-order valence-electron chi connectivity index (χ1n) is 6.05. The van der Waals surface area contributed by atoms with Crippen molar-refractivity contribution in [3.63, 3.8) is 0 Å². The molecule has 2 aliphatic rings. The minimum atomic E-state index is 0.763. The summed E-state index contributed by atoms with van der Waals surface area (Å²) in [7, 11) is 0. The molecule has 3 unspecified atom stereocenters. The van der Waals surface area contributed by atoms with Gasteiger partial charge in [-0.05, 0) is 54.8 Å². The molecule has 0 N–H and O–H groups in total. The molecule has 0 aromatic rings. The maximum atomic E-state index is 2.44. The lowest BCUT2D eigenvalue weighted by molar-refractivity contribution is 0.153. The van der Waals surface area contributed by atoms with Crippen molar-refractivity contribution in [1.29, 1.82) is 0 Å². The Kier molecular flexibility index (Phi) is 2.20. The first kappa shape index (κ1) is 9.55. The quantitative estimate of drug-likeness (QED) is 0.600. The van der Waals surface area contributed by atoms with Crippen LogP contribution in [0.25, 0.3) is 0 Å². The Morgan fingerprint density at radius 2 is 1.77 bits per heavy atom. The molecule has 2 saturated carbocycles. The first-order chi connectivity index (χ1) is 6.05. The lowest BCUT2D eigenvalue weighted by Gasteiger charge is -2.35. The average molecular weight is 180 g/mol. The second kappa shape index (κ2) is 3.00. The second-order valence-corrected chi connectivity index (χ2v) is 6.13. The Hall–Kier alpha value is 0. The Labute approximate surface area is 83.1 Å². The van der Waals surface area contributed by atoms with Crippen molar-refractivity contribution in [3.05, 3.63) is 0 Å². The minimum absolute atomic E-state index is 0.763. The molecule has 0 aromatic carbocycles. The smallest absolute Gasteiger partial charge is 0.0269 e. The van der Waals surface area contributed by atoms with Crippen LogP contribution in [0.15, 0.2) is 0 Å². The van der Waals surface area contributed by atoms with Gasteiger partial charge in [-0.15, -0.1) is 0 Å². The highest BCUT2D eigenvalue weighted by molar-refractivity contribution is 5.02. The van der Waals surface area contributed by atoms with E-state index in [1.165, 1.54) is 19.3 Å². The SMILES string of the molecule is CC(C)C1CC2(C(C)C)CCC1C2. The summed E-state index contributed by atoms with van der Waals surface area (Å²) in [4.78, 5) is 0. The van der Waals surface area contributed by atoms with Crippen LogP contribution in [-0.2, 0) is 0 Å². The van der Waals surface area contributed by atoms with Crippen molar-refractivity contribution in [3.8, 4) is 0 Å². The highest BCUT2D eigenvalue weighted by atomic mass is 14.6. The Morgan fingerprint density at radius 1 is 1.08 bits per heavy atom. The van der Waals surface area contributed by atoms with Crippen LogP contribution >= 0.6 is 0 Å². The molecule has 0 amide bonds. The van der Waals surface area contributed by atoms with E-state index in [-0.39, 0.29) is 0 Å². The fourth-order valence-corrected chi connectivity index (χ4v) is 3.93. The predicted octanol–water partition coefficient (Wildman–Crippen LogP) is 4.10. The van der Waals surface area contributed by atoms with E-state index in [1.807, 2.05) is 0 Å². The van der Waals surface area contributed by atoms with Crippen LogP contribution < -0.4 is 0 Å². The molecule has 76 valence electrons. The van der Waals surface area contributed by atoms with Crippen LogP contribution in [0, 0.1) is 29.1 Å². The van der Waals surface area contributed by atoms with Crippen LogP contribution in [0.1, 0.15) is 53.4 Å². The summed E-state index contributed by atoms with van der Waals surface area (Å²) < 4.78 is 0. The summed E-state index contributed by atoms with van der Waals surface area (Å²) in [6.07, 6.45) is 6.14. The van der Waals surface area contributed by atoms with Gasteiger partial charge in [0, 0.05) is 0 Å². The fourth-order valence-electron chi connectivity index (χ4n) is 3.93. The van der Waals surface area contributed by atoms with Gasteiger partial charge in [0.15, 0.2) is 0 Å². The lowest BCUT2D eigenvalue weighted by atomic mass is 9.70. The number of hydrogen-bond donors (Lipinski definition) is 0. The van der Waals surface area contributed by atoms with Gasteiger partial charge in [-0.3, -0.25) is 0 Å². The second-order valence-electron chi connectivity index (χ2n) is 6.13. The van der Waals surface area contributed by atoms with Gasteiger partial charge in [-0.1, -0.05) is 27.7 Å². The van der Waals surface area contributed by atoms with E-state index in [4.69, 9.17) is 0 Å². The summed E-state index contributed by atoms with van der Waals surface area (Å²) in [6.45, 7) is 9.70. The van der Waals surface area contributed by atoms with E-state index >= 15 is 0 Å². The molecule has 0 aromatic heterocycles. The number of rotatable bonds is 2. The van der Waals surface area contributed by atoms with Gasteiger partial charge in [-0.2, -0.15) is 0 Å². The number of hydrogen-bond acceptors (Lipinski definition) is 0. The molecule has 2 aliphatic carbocycles. The zero-order valence-corrected chi connectivity index (χ0v) is 9.64. The standard InChI is InChI=1S/C13H24/c1-9(2)12-8-13(10(3)4)6-5-11(12)7-13/h9-12H,5-8H2,1-4H3. The van der Waals surface area contributed by atoms with Crippen LogP contribution in [-0.4, -0.2) is 0 Å². The molecule has 2 fully saturated rings. The van der Waals surface area contributed by atoms with Crippen molar-refractivity contribution in [2.24, 2.45) is 29.1 Å². The largest absolute Gasteiger partial charge is 0.0625 e. The molecule has 0 spiro atoms. The maximum Gasteiger partial charge on any atom is -0.0269 e. The van der Waals surface area contributed by atoms with Crippen LogP contribution in [0.5, 0.6) is 0 Å². The average Bonchev–Trinajstić information content (AvgIpc) is 2.60. The molecule has 3 atom stereocenters. The van der Waals surface area contributed by atoms with Gasteiger partial charge in [0.25, 0.3) is 0 Å². The van der Waals surface area contributed by atoms with Gasteiger partial charge in [0.2, 0.25) is 0 Å². The van der Waals surface area contributed by atoms with Gasteiger partial charge in [0.05, 0.1) is 0 Å². The summed E-state index contributed by atoms with van der Waals surface area (Å²) in [5, 5.41) is 0. The molecule has 2 bridgehead atoms. The normalized spacial score (nSPS) is 43.8. The zero-order chi connectivity index (χ0) is 9.64. The van der Waals surface area contributed by atoms with Gasteiger partial charge in [-0.25, -0.2) is 0 Å². The minimum Gasteiger partial charge on any atom is -0.0625 e. The van der Waals surface area contributed by atoms with Gasteiger partial charge in [0.1, 0.15) is 0 Å². The molecular weight excluding hydrogens is 156 g/mol. The third-order valence-electron chi connectivity index (χ3n) is 5.01. The van der Waals surface area contributed by atoms with Crippen molar-refractivity contribution < 1.29 is 0 Å². The van der Waals surface area contributed by atoms with Gasteiger partial charge >= 0.3 is 0 Å². The molecule has 0 heteroatoms.